The molecular weight excluding hydrogens is 457 g/mol. The molecule has 1 aromatic carbocycles. The number of halogens is 3. The molecule has 3 heterocycles. The smallest absolute Gasteiger partial charge is 0.396 e. The van der Waals surface area contributed by atoms with Gasteiger partial charge in [0.05, 0.1) is 34.1 Å². The molecule has 0 saturated carbocycles. The lowest BCUT2D eigenvalue weighted by molar-refractivity contribution is -0.141. The molecule has 3 N–H and O–H groups in total. The van der Waals surface area contributed by atoms with Crippen LogP contribution >= 0.6 is 0 Å². The zero-order valence-electron chi connectivity index (χ0n) is 17.1. The van der Waals surface area contributed by atoms with E-state index in [2.05, 4.69) is 15.3 Å². The van der Waals surface area contributed by atoms with Gasteiger partial charge in [-0.25, -0.2) is 13.4 Å². The van der Waals surface area contributed by atoms with Crippen LogP contribution in [0.1, 0.15) is 22.5 Å². The predicted molar refractivity (Wildman–Crippen MR) is 117 cm³/mol. The monoisotopic (exact) mass is 476 g/mol. The Balaban J connectivity index is 1.77. The van der Waals surface area contributed by atoms with Crippen LogP contribution in [0.5, 0.6) is 0 Å². The number of rotatable bonds is 4. The van der Waals surface area contributed by atoms with E-state index >= 15 is 0 Å². The zero-order valence-corrected chi connectivity index (χ0v) is 17.9. The van der Waals surface area contributed by atoms with Crippen LogP contribution in [0, 0.1) is 0 Å². The number of pyridine rings is 2. The molecule has 1 amide bonds. The van der Waals surface area contributed by atoms with Crippen molar-refractivity contribution in [1.29, 1.82) is 0 Å². The molecule has 1 fully saturated rings. The SMILES string of the molecule is Nc1c(C(=O)N[C@@H]2CCS(=O)(=O)C2)cc(-c2ccc(C(F)(F)F)nc2)nc1-c1ccccc1. The third-order valence-corrected chi connectivity index (χ3v) is 7.04. The first-order chi connectivity index (χ1) is 15.5. The maximum Gasteiger partial charge on any atom is 0.433 e. The first-order valence-corrected chi connectivity index (χ1v) is 11.8. The average molecular weight is 476 g/mol. The van der Waals surface area contributed by atoms with Crippen LogP contribution in [0.2, 0.25) is 0 Å². The highest BCUT2D eigenvalue weighted by Crippen LogP contribution is 2.33. The fraction of sp³-hybridized carbons (Fsp3) is 0.227. The van der Waals surface area contributed by atoms with Gasteiger partial charge in [0.1, 0.15) is 5.69 Å². The molecule has 172 valence electrons. The third-order valence-electron chi connectivity index (χ3n) is 5.27. The van der Waals surface area contributed by atoms with Gasteiger partial charge in [-0.15, -0.1) is 0 Å². The number of anilines is 1. The van der Waals surface area contributed by atoms with Crippen molar-refractivity contribution in [3.05, 3.63) is 66.0 Å². The van der Waals surface area contributed by atoms with Crippen LogP contribution in [-0.4, -0.2) is 41.8 Å². The van der Waals surface area contributed by atoms with Crippen LogP contribution < -0.4 is 11.1 Å². The van der Waals surface area contributed by atoms with Gasteiger partial charge >= 0.3 is 6.18 Å². The van der Waals surface area contributed by atoms with Crippen molar-refractivity contribution in [1.82, 2.24) is 15.3 Å². The van der Waals surface area contributed by atoms with Gasteiger partial charge in [0, 0.05) is 23.4 Å². The summed E-state index contributed by atoms with van der Waals surface area (Å²) in [6, 6.07) is 11.6. The first kappa shape index (κ1) is 22.7. The largest absolute Gasteiger partial charge is 0.433 e. The number of hydrogen-bond donors (Lipinski definition) is 2. The third kappa shape index (κ3) is 4.98. The van der Waals surface area contributed by atoms with Gasteiger partial charge in [-0.1, -0.05) is 30.3 Å². The maximum absolute atomic E-state index is 13.0. The molecule has 33 heavy (non-hydrogen) atoms. The summed E-state index contributed by atoms with van der Waals surface area (Å²) >= 11 is 0. The zero-order chi connectivity index (χ0) is 23.8. The van der Waals surface area contributed by atoms with E-state index in [0.717, 1.165) is 12.3 Å². The number of nitrogens with zero attached hydrogens (tertiary/aromatic N) is 2. The van der Waals surface area contributed by atoms with E-state index in [4.69, 9.17) is 5.73 Å². The molecule has 1 saturated heterocycles. The van der Waals surface area contributed by atoms with Gasteiger partial charge in [0.15, 0.2) is 9.84 Å². The summed E-state index contributed by atoms with van der Waals surface area (Å²) in [6.45, 7) is 0. The number of nitrogens with one attached hydrogen (secondary N) is 1. The van der Waals surface area contributed by atoms with Crippen LogP contribution in [-0.2, 0) is 16.0 Å². The van der Waals surface area contributed by atoms with E-state index in [9.17, 15) is 26.4 Å². The number of nitrogens with two attached hydrogens (primary N) is 1. The summed E-state index contributed by atoms with van der Waals surface area (Å²) < 4.78 is 62.1. The number of sulfone groups is 1. The fourth-order valence-electron chi connectivity index (χ4n) is 3.59. The highest BCUT2D eigenvalue weighted by molar-refractivity contribution is 7.91. The Hall–Kier alpha value is -3.47. The van der Waals surface area contributed by atoms with Crippen molar-refractivity contribution >= 4 is 21.4 Å². The van der Waals surface area contributed by atoms with Crippen LogP contribution in [0.3, 0.4) is 0 Å². The van der Waals surface area contributed by atoms with Gasteiger partial charge in [-0.2, -0.15) is 13.2 Å². The number of nitrogen functional groups attached to an aromatic ring is 1. The fourth-order valence-corrected chi connectivity index (χ4v) is 5.27. The van der Waals surface area contributed by atoms with Crippen molar-refractivity contribution in [2.75, 3.05) is 17.2 Å². The van der Waals surface area contributed by atoms with Gasteiger partial charge in [-0.05, 0) is 24.6 Å². The highest BCUT2D eigenvalue weighted by atomic mass is 32.2. The summed E-state index contributed by atoms with van der Waals surface area (Å²) in [4.78, 5) is 20.9. The maximum atomic E-state index is 13.0. The summed E-state index contributed by atoms with van der Waals surface area (Å²) in [7, 11) is -3.21. The lowest BCUT2D eigenvalue weighted by Gasteiger charge is -2.16. The summed E-state index contributed by atoms with van der Waals surface area (Å²) in [5, 5.41) is 2.69. The molecule has 0 radical (unpaired) electrons. The highest BCUT2D eigenvalue weighted by Gasteiger charge is 2.32. The minimum Gasteiger partial charge on any atom is -0.396 e. The number of benzene rings is 1. The number of carbonyl (C=O) groups excluding carboxylic acids is 1. The van der Waals surface area contributed by atoms with Crippen molar-refractivity contribution in [2.24, 2.45) is 0 Å². The molecule has 2 aromatic heterocycles. The second kappa shape index (κ2) is 8.47. The molecule has 1 aliphatic heterocycles. The van der Waals surface area contributed by atoms with Crippen molar-refractivity contribution < 1.29 is 26.4 Å². The van der Waals surface area contributed by atoms with Crippen LogP contribution in [0.25, 0.3) is 22.5 Å². The summed E-state index contributed by atoms with van der Waals surface area (Å²) in [6.07, 6.45) is -3.27. The summed E-state index contributed by atoms with van der Waals surface area (Å²) in [5.74, 6) is -0.762. The van der Waals surface area contributed by atoms with E-state index in [1.54, 1.807) is 30.3 Å². The Kier molecular flexibility index (Phi) is 5.83. The standard InChI is InChI=1S/C22H19F3N4O3S/c23-22(24,25)18-7-6-14(11-27-18)17-10-16(21(30)28-15-8-9-33(31,32)12-15)19(26)20(29-17)13-4-2-1-3-5-13/h1-7,10-11,15H,8-9,12,26H2,(H,28,30)/t15-/m1/s1. The average Bonchev–Trinajstić information content (AvgIpc) is 3.12. The molecule has 1 atom stereocenters. The molecule has 4 rings (SSSR count). The number of aromatic nitrogens is 2. The molecule has 0 spiro atoms. The Labute approximate surface area is 187 Å². The van der Waals surface area contributed by atoms with E-state index < -0.39 is 33.7 Å². The Bertz CT molecular complexity index is 1290. The first-order valence-electron chi connectivity index (χ1n) is 9.94. The molecule has 1 aliphatic rings. The second-order valence-electron chi connectivity index (χ2n) is 7.69. The van der Waals surface area contributed by atoms with E-state index in [1.807, 2.05) is 0 Å². The lowest BCUT2D eigenvalue weighted by atomic mass is 10.0. The van der Waals surface area contributed by atoms with Gasteiger partial charge < -0.3 is 11.1 Å². The minimum atomic E-state index is -4.59. The van der Waals surface area contributed by atoms with Crippen LogP contribution in [0.4, 0.5) is 18.9 Å². The van der Waals surface area contributed by atoms with Crippen LogP contribution in [0.15, 0.2) is 54.7 Å². The van der Waals surface area contributed by atoms with Gasteiger partial charge in [-0.3, -0.25) is 9.78 Å². The van der Waals surface area contributed by atoms with E-state index in [1.165, 1.54) is 12.1 Å². The number of amides is 1. The minimum absolute atomic E-state index is 0.0124. The van der Waals surface area contributed by atoms with Crippen molar-refractivity contribution in [3.63, 3.8) is 0 Å². The van der Waals surface area contributed by atoms with Gasteiger partial charge in [0.25, 0.3) is 5.91 Å². The molecule has 3 aromatic rings. The van der Waals surface area contributed by atoms with Gasteiger partial charge in [0.2, 0.25) is 0 Å². The molecule has 0 unspecified atom stereocenters. The summed E-state index contributed by atoms with van der Waals surface area (Å²) in [5.41, 5.74) is 6.68. The molecule has 11 heteroatoms. The topological polar surface area (TPSA) is 115 Å². The van der Waals surface area contributed by atoms with E-state index in [0.29, 0.717) is 12.0 Å². The predicted octanol–water partition coefficient (Wildman–Crippen LogP) is 3.33. The number of alkyl halides is 3. The normalized spacial score (nSPS) is 17.6. The Morgan fingerprint density at radius 2 is 1.82 bits per heavy atom. The quantitative estimate of drug-likeness (QED) is 0.597. The van der Waals surface area contributed by atoms with Crippen molar-refractivity contribution in [3.8, 4) is 22.5 Å². The van der Waals surface area contributed by atoms with E-state index in [-0.39, 0.29) is 39.7 Å². The Morgan fingerprint density at radius 1 is 1.09 bits per heavy atom. The number of hydrogen-bond acceptors (Lipinski definition) is 6. The van der Waals surface area contributed by atoms with Crippen molar-refractivity contribution in [2.45, 2.75) is 18.6 Å². The molecule has 7 nitrogen and oxygen atoms in total. The number of carbonyl (C=O) groups is 1. The molecule has 0 bridgehead atoms. The Morgan fingerprint density at radius 3 is 2.39 bits per heavy atom. The lowest BCUT2D eigenvalue weighted by Crippen LogP contribution is -2.36. The molecular formula is C22H19F3N4O3S. The second-order valence-corrected chi connectivity index (χ2v) is 9.92. The molecule has 0 aliphatic carbocycles.